The van der Waals surface area contributed by atoms with E-state index in [-0.39, 0.29) is 0 Å². The van der Waals surface area contributed by atoms with Crippen molar-refractivity contribution < 1.29 is 4.74 Å². The van der Waals surface area contributed by atoms with Gasteiger partial charge in [-0.2, -0.15) is 0 Å². The van der Waals surface area contributed by atoms with Crippen molar-refractivity contribution in [2.24, 2.45) is 0 Å². The van der Waals surface area contributed by atoms with E-state index in [1.807, 2.05) is 12.1 Å². The van der Waals surface area contributed by atoms with Crippen molar-refractivity contribution in [3.8, 4) is 16.9 Å². The van der Waals surface area contributed by atoms with Gasteiger partial charge in [0.2, 0.25) is 0 Å². The van der Waals surface area contributed by atoms with Crippen LogP contribution in [0.3, 0.4) is 0 Å². The van der Waals surface area contributed by atoms with E-state index in [4.69, 9.17) is 16.3 Å². The van der Waals surface area contributed by atoms with Crippen molar-refractivity contribution in [2.45, 2.75) is 0 Å². The first-order chi connectivity index (χ1) is 15.8. The van der Waals surface area contributed by atoms with Crippen LogP contribution in [0.15, 0.2) is 91.0 Å². The van der Waals surface area contributed by atoms with Gasteiger partial charge in [-0.1, -0.05) is 78.3 Å². The van der Waals surface area contributed by atoms with Gasteiger partial charge in [0.1, 0.15) is 5.75 Å². The van der Waals surface area contributed by atoms with E-state index >= 15 is 0 Å². The van der Waals surface area contributed by atoms with Crippen LogP contribution < -0.4 is 4.74 Å². The summed E-state index contributed by atoms with van der Waals surface area (Å²) in [6, 6.07) is 32.0. The smallest absolute Gasteiger partial charge is 0.126 e. The Bertz CT molecular complexity index is 1830. The molecule has 7 aromatic rings. The van der Waals surface area contributed by atoms with Gasteiger partial charge in [0.15, 0.2) is 0 Å². The van der Waals surface area contributed by atoms with Gasteiger partial charge >= 0.3 is 0 Å². The van der Waals surface area contributed by atoms with Crippen LogP contribution >= 0.6 is 11.6 Å². The molecule has 5 aromatic carbocycles. The molecule has 0 aliphatic carbocycles. The van der Waals surface area contributed by atoms with Crippen LogP contribution in [0.2, 0.25) is 5.02 Å². The van der Waals surface area contributed by atoms with Gasteiger partial charge in [0, 0.05) is 26.9 Å². The summed E-state index contributed by atoms with van der Waals surface area (Å²) in [6.45, 7) is 0. The first-order valence-corrected chi connectivity index (χ1v) is 11.1. The predicted molar refractivity (Wildman–Crippen MR) is 136 cm³/mol. The van der Waals surface area contributed by atoms with Crippen LogP contribution in [0, 0.1) is 0 Å². The van der Waals surface area contributed by atoms with Crippen LogP contribution in [0.4, 0.5) is 0 Å². The molecule has 2 aromatic heterocycles. The van der Waals surface area contributed by atoms with Crippen LogP contribution in [0.5, 0.6) is 5.75 Å². The summed E-state index contributed by atoms with van der Waals surface area (Å²) in [5, 5.41) is 7.89. The number of methoxy groups -OCH3 is 1. The Morgan fingerprint density at radius 2 is 1.31 bits per heavy atom. The lowest BCUT2D eigenvalue weighted by Crippen LogP contribution is -1.88. The quantitative estimate of drug-likeness (QED) is 0.268. The first kappa shape index (κ1) is 17.9. The molecule has 0 unspecified atom stereocenters. The number of aromatic nitrogens is 1. The summed E-state index contributed by atoms with van der Waals surface area (Å²) in [6.07, 6.45) is 0. The molecular weight excluding hydrogens is 414 g/mol. The van der Waals surface area contributed by atoms with Gasteiger partial charge in [-0.05, 0) is 40.8 Å². The molecule has 3 heteroatoms. The fourth-order valence-electron chi connectivity index (χ4n) is 5.42. The van der Waals surface area contributed by atoms with Crippen LogP contribution in [-0.2, 0) is 0 Å². The van der Waals surface area contributed by atoms with Crippen molar-refractivity contribution in [3.05, 3.63) is 96.0 Å². The van der Waals surface area contributed by atoms with Crippen molar-refractivity contribution >= 4 is 60.5 Å². The van der Waals surface area contributed by atoms with Crippen molar-refractivity contribution in [2.75, 3.05) is 7.11 Å². The molecule has 32 heavy (non-hydrogen) atoms. The Morgan fingerprint density at radius 3 is 2.16 bits per heavy atom. The summed E-state index contributed by atoms with van der Waals surface area (Å²) in [7, 11) is 1.72. The zero-order valence-electron chi connectivity index (χ0n) is 17.4. The summed E-state index contributed by atoms with van der Waals surface area (Å²) >= 11 is 6.84. The highest BCUT2D eigenvalue weighted by Crippen LogP contribution is 2.47. The molecule has 0 amide bonds. The van der Waals surface area contributed by atoms with Gasteiger partial charge < -0.3 is 9.14 Å². The van der Waals surface area contributed by atoms with E-state index in [1.54, 1.807) is 7.11 Å². The second-order valence-electron chi connectivity index (χ2n) is 8.23. The highest BCUT2D eigenvalue weighted by Gasteiger charge is 2.22. The van der Waals surface area contributed by atoms with E-state index in [0.29, 0.717) is 0 Å². The van der Waals surface area contributed by atoms with Crippen LogP contribution in [0.1, 0.15) is 0 Å². The van der Waals surface area contributed by atoms with Crippen LogP contribution in [-0.4, -0.2) is 11.5 Å². The summed E-state index contributed by atoms with van der Waals surface area (Å²) in [5.41, 5.74) is 5.95. The molecule has 0 radical (unpaired) electrons. The Morgan fingerprint density at radius 1 is 0.594 bits per heavy atom. The molecule has 0 bridgehead atoms. The predicted octanol–water partition coefficient (Wildman–Crippen LogP) is 8.32. The third kappa shape index (κ3) is 2.15. The third-order valence-electron chi connectivity index (χ3n) is 6.71. The van der Waals surface area contributed by atoms with Crippen LogP contribution in [0.25, 0.3) is 60.0 Å². The summed E-state index contributed by atoms with van der Waals surface area (Å²) in [5.74, 6) is 0.884. The van der Waals surface area contributed by atoms with E-state index in [1.165, 1.54) is 43.7 Å². The number of fused-ring (bicyclic) bond motifs is 7. The monoisotopic (exact) mass is 431 g/mol. The lowest BCUT2D eigenvalue weighted by atomic mass is 9.93. The van der Waals surface area contributed by atoms with Gasteiger partial charge in [-0.15, -0.1) is 0 Å². The average molecular weight is 432 g/mol. The Kier molecular flexibility index (Phi) is 3.57. The minimum absolute atomic E-state index is 0.779. The van der Waals surface area contributed by atoms with Crippen molar-refractivity contribution in [3.63, 3.8) is 0 Å². The molecule has 0 spiro atoms. The maximum absolute atomic E-state index is 6.84. The fourth-order valence-corrected chi connectivity index (χ4v) is 5.68. The molecule has 2 heterocycles. The number of hydrogen-bond donors (Lipinski definition) is 0. The molecule has 0 N–H and O–H groups in total. The Balaban J connectivity index is 1.75. The second kappa shape index (κ2) is 6.38. The second-order valence-corrected chi connectivity index (χ2v) is 8.64. The molecule has 0 saturated heterocycles. The molecule has 0 aliphatic heterocycles. The standard InChI is InChI=1S/C29H18ClNO/c1-32-26-16-15-18(17-7-2-3-9-20(17)26)21-13-14-22-19-8-4-5-11-24(19)31-25-12-6-10-23(30)28(25)27(21)29(22)31/h2-16H,1H3. The number of nitrogens with zero attached hydrogens (tertiary/aromatic N) is 1. The molecule has 7 rings (SSSR count). The van der Waals surface area contributed by atoms with Gasteiger partial charge in [-0.3, -0.25) is 0 Å². The highest BCUT2D eigenvalue weighted by molar-refractivity contribution is 6.40. The van der Waals surface area contributed by atoms with Gasteiger partial charge in [-0.25, -0.2) is 0 Å². The van der Waals surface area contributed by atoms with E-state index in [2.05, 4.69) is 83.3 Å². The Hall–Kier alpha value is -3.75. The number of para-hydroxylation sites is 1. The average Bonchev–Trinajstić information content (AvgIpc) is 3.36. The maximum Gasteiger partial charge on any atom is 0.126 e. The maximum atomic E-state index is 6.84. The number of rotatable bonds is 2. The number of halogens is 1. The lowest BCUT2D eigenvalue weighted by molar-refractivity contribution is 0.420. The molecule has 0 fully saturated rings. The molecule has 0 atom stereocenters. The number of hydrogen-bond acceptors (Lipinski definition) is 1. The molecule has 0 aliphatic rings. The normalized spacial score (nSPS) is 12.1. The summed E-state index contributed by atoms with van der Waals surface area (Å²) in [4.78, 5) is 0. The minimum atomic E-state index is 0.779. The summed E-state index contributed by atoms with van der Waals surface area (Å²) < 4.78 is 8.02. The molecule has 152 valence electrons. The first-order valence-electron chi connectivity index (χ1n) is 10.7. The van der Waals surface area contributed by atoms with Gasteiger partial charge in [0.05, 0.1) is 28.7 Å². The highest BCUT2D eigenvalue weighted by atomic mass is 35.5. The molecule has 2 nitrogen and oxygen atoms in total. The Labute approximate surface area is 189 Å². The molecule has 0 saturated carbocycles. The molecular formula is C29H18ClNO. The van der Waals surface area contributed by atoms with Crippen molar-refractivity contribution in [1.29, 1.82) is 0 Å². The third-order valence-corrected chi connectivity index (χ3v) is 7.03. The lowest BCUT2D eigenvalue weighted by Gasteiger charge is -2.12. The van der Waals surface area contributed by atoms with E-state index in [9.17, 15) is 0 Å². The van der Waals surface area contributed by atoms with Gasteiger partial charge in [0.25, 0.3) is 0 Å². The van der Waals surface area contributed by atoms with E-state index in [0.717, 1.165) is 27.1 Å². The fraction of sp³-hybridized carbons (Fsp3) is 0.0345. The number of benzene rings is 5. The number of ether oxygens (including phenoxy) is 1. The van der Waals surface area contributed by atoms with Crippen molar-refractivity contribution in [1.82, 2.24) is 4.40 Å². The SMILES string of the molecule is COc1ccc(-c2ccc3c4ccccc4n4c5cccc(Cl)c5c2c34)c2ccccc12. The zero-order valence-corrected chi connectivity index (χ0v) is 18.1. The van der Waals surface area contributed by atoms with E-state index < -0.39 is 0 Å². The largest absolute Gasteiger partial charge is 0.496 e. The topological polar surface area (TPSA) is 13.6 Å². The zero-order chi connectivity index (χ0) is 21.4. The minimum Gasteiger partial charge on any atom is -0.496 e.